The number of nitrogens with zero attached hydrogens (tertiary/aromatic N) is 1. The standard InChI is InChI=1S/C14H17FN2O/c1-9(2)13(8-16)14(18)17-10(3)11-5-4-6-12(15)7-11/h4-7,9-10,13H,1-3H3,(H,17,18). The summed E-state index contributed by atoms with van der Waals surface area (Å²) < 4.78 is 13.1. The Morgan fingerprint density at radius 2 is 2.06 bits per heavy atom. The number of halogens is 1. The van der Waals surface area contributed by atoms with Crippen LogP contribution >= 0.6 is 0 Å². The van der Waals surface area contributed by atoms with Crippen LogP contribution in [0.2, 0.25) is 0 Å². The van der Waals surface area contributed by atoms with Crippen LogP contribution in [0.1, 0.15) is 32.4 Å². The van der Waals surface area contributed by atoms with Gasteiger partial charge in [-0.3, -0.25) is 4.79 Å². The average Bonchev–Trinajstić information content (AvgIpc) is 2.29. The Hall–Kier alpha value is -1.89. The molecule has 3 nitrogen and oxygen atoms in total. The molecule has 96 valence electrons. The van der Waals surface area contributed by atoms with E-state index < -0.39 is 5.92 Å². The Balaban J connectivity index is 2.74. The lowest BCUT2D eigenvalue weighted by Crippen LogP contribution is -2.34. The lowest BCUT2D eigenvalue weighted by Gasteiger charge is -2.18. The quantitative estimate of drug-likeness (QED) is 0.890. The molecule has 0 aliphatic carbocycles. The highest BCUT2D eigenvalue weighted by Gasteiger charge is 2.23. The Kier molecular flexibility index (Phi) is 4.85. The largest absolute Gasteiger partial charge is 0.348 e. The van der Waals surface area contributed by atoms with Gasteiger partial charge in [-0.2, -0.15) is 5.26 Å². The summed E-state index contributed by atoms with van der Waals surface area (Å²) in [6.45, 7) is 5.40. The second-order valence-electron chi connectivity index (χ2n) is 4.64. The van der Waals surface area contributed by atoms with Crippen LogP contribution in [0.5, 0.6) is 0 Å². The second-order valence-corrected chi connectivity index (χ2v) is 4.64. The minimum atomic E-state index is -0.680. The lowest BCUT2D eigenvalue weighted by atomic mass is 9.96. The van der Waals surface area contributed by atoms with Crippen LogP contribution in [-0.2, 0) is 4.79 Å². The van der Waals surface area contributed by atoms with Crippen molar-refractivity contribution < 1.29 is 9.18 Å². The van der Waals surface area contributed by atoms with Crippen molar-refractivity contribution in [3.05, 3.63) is 35.6 Å². The van der Waals surface area contributed by atoms with Gasteiger partial charge in [0.2, 0.25) is 5.91 Å². The fourth-order valence-electron chi connectivity index (χ4n) is 1.67. The minimum absolute atomic E-state index is 0.0466. The van der Waals surface area contributed by atoms with Crippen molar-refractivity contribution in [3.63, 3.8) is 0 Å². The maximum atomic E-state index is 13.1. The van der Waals surface area contributed by atoms with Crippen molar-refractivity contribution in [3.8, 4) is 6.07 Å². The molecule has 0 fully saturated rings. The predicted molar refractivity (Wildman–Crippen MR) is 66.9 cm³/mol. The lowest BCUT2D eigenvalue weighted by molar-refractivity contribution is -0.125. The van der Waals surface area contributed by atoms with E-state index in [1.165, 1.54) is 12.1 Å². The van der Waals surface area contributed by atoms with Crippen molar-refractivity contribution in [2.75, 3.05) is 0 Å². The first kappa shape index (κ1) is 14.2. The summed E-state index contributed by atoms with van der Waals surface area (Å²) in [5.41, 5.74) is 0.684. The SMILES string of the molecule is CC(NC(=O)C(C#N)C(C)C)c1cccc(F)c1. The molecular weight excluding hydrogens is 231 g/mol. The molecule has 0 heterocycles. The Labute approximate surface area is 107 Å². The Bertz CT molecular complexity index is 465. The van der Waals surface area contributed by atoms with E-state index >= 15 is 0 Å². The van der Waals surface area contributed by atoms with Gasteiger partial charge in [-0.15, -0.1) is 0 Å². The first-order chi connectivity index (χ1) is 8.45. The normalized spacial score (nSPS) is 13.8. The van der Waals surface area contributed by atoms with Gasteiger partial charge in [0.15, 0.2) is 0 Å². The Morgan fingerprint density at radius 3 is 2.56 bits per heavy atom. The van der Waals surface area contributed by atoms with Crippen molar-refractivity contribution in [2.24, 2.45) is 11.8 Å². The zero-order valence-corrected chi connectivity index (χ0v) is 10.8. The third kappa shape index (κ3) is 3.56. The van der Waals surface area contributed by atoms with Crippen LogP contribution < -0.4 is 5.32 Å². The van der Waals surface area contributed by atoms with E-state index in [4.69, 9.17) is 5.26 Å². The van der Waals surface area contributed by atoms with Gasteiger partial charge in [0, 0.05) is 0 Å². The third-order valence-electron chi connectivity index (χ3n) is 2.80. The molecule has 0 saturated heterocycles. The highest BCUT2D eigenvalue weighted by atomic mass is 19.1. The highest BCUT2D eigenvalue weighted by molar-refractivity contribution is 5.81. The number of nitriles is 1. The first-order valence-corrected chi connectivity index (χ1v) is 5.91. The number of hydrogen-bond acceptors (Lipinski definition) is 2. The van der Waals surface area contributed by atoms with E-state index in [1.807, 2.05) is 19.9 Å². The van der Waals surface area contributed by atoms with Crippen LogP contribution in [0.4, 0.5) is 4.39 Å². The van der Waals surface area contributed by atoms with E-state index in [1.54, 1.807) is 19.1 Å². The average molecular weight is 248 g/mol. The number of carbonyl (C=O) groups excluding carboxylic acids is 1. The molecule has 0 aliphatic heterocycles. The summed E-state index contributed by atoms with van der Waals surface area (Å²) in [7, 11) is 0. The molecule has 1 rings (SSSR count). The molecule has 1 aromatic rings. The van der Waals surface area contributed by atoms with Crippen LogP contribution in [0.3, 0.4) is 0 Å². The van der Waals surface area contributed by atoms with Gasteiger partial charge in [-0.1, -0.05) is 26.0 Å². The molecular formula is C14H17FN2O. The van der Waals surface area contributed by atoms with Crippen LogP contribution in [0.25, 0.3) is 0 Å². The predicted octanol–water partition coefficient (Wildman–Crippen LogP) is 2.80. The Morgan fingerprint density at radius 1 is 1.39 bits per heavy atom. The molecule has 4 heteroatoms. The molecule has 2 atom stereocenters. The van der Waals surface area contributed by atoms with Crippen LogP contribution in [0, 0.1) is 29.0 Å². The van der Waals surface area contributed by atoms with Gasteiger partial charge in [-0.05, 0) is 30.5 Å². The van der Waals surface area contributed by atoms with Crippen molar-refractivity contribution in [1.82, 2.24) is 5.32 Å². The maximum absolute atomic E-state index is 13.1. The topological polar surface area (TPSA) is 52.9 Å². The smallest absolute Gasteiger partial charge is 0.238 e. The zero-order valence-electron chi connectivity index (χ0n) is 10.8. The molecule has 0 aromatic heterocycles. The van der Waals surface area contributed by atoms with Crippen molar-refractivity contribution in [1.29, 1.82) is 5.26 Å². The number of amides is 1. The summed E-state index contributed by atoms with van der Waals surface area (Å²) in [4.78, 5) is 11.9. The van der Waals surface area contributed by atoms with Crippen LogP contribution in [-0.4, -0.2) is 5.91 Å². The number of benzene rings is 1. The molecule has 1 N–H and O–H groups in total. The molecule has 18 heavy (non-hydrogen) atoms. The molecule has 1 aromatic carbocycles. The van der Waals surface area contributed by atoms with E-state index in [2.05, 4.69) is 5.32 Å². The monoisotopic (exact) mass is 248 g/mol. The molecule has 2 unspecified atom stereocenters. The number of nitrogens with one attached hydrogen (secondary N) is 1. The fourth-order valence-corrected chi connectivity index (χ4v) is 1.67. The minimum Gasteiger partial charge on any atom is -0.348 e. The van der Waals surface area contributed by atoms with Gasteiger partial charge < -0.3 is 5.32 Å². The molecule has 0 saturated carbocycles. The van der Waals surface area contributed by atoms with E-state index in [0.29, 0.717) is 5.56 Å². The van der Waals surface area contributed by atoms with E-state index in [0.717, 1.165) is 0 Å². The summed E-state index contributed by atoms with van der Waals surface area (Å²) in [6.07, 6.45) is 0. The number of hydrogen-bond donors (Lipinski definition) is 1. The third-order valence-corrected chi connectivity index (χ3v) is 2.80. The van der Waals surface area contributed by atoms with Gasteiger partial charge in [0.1, 0.15) is 11.7 Å². The van der Waals surface area contributed by atoms with Crippen molar-refractivity contribution in [2.45, 2.75) is 26.8 Å². The second kappa shape index (κ2) is 6.15. The summed E-state index contributed by atoms with van der Waals surface area (Å²) in [5.74, 6) is -1.38. The van der Waals surface area contributed by atoms with Gasteiger partial charge in [0.25, 0.3) is 0 Å². The fraction of sp³-hybridized carbons (Fsp3) is 0.429. The molecule has 0 radical (unpaired) electrons. The zero-order chi connectivity index (χ0) is 13.7. The maximum Gasteiger partial charge on any atom is 0.238 e. The number of carbonyl (C=O) groups is 1. The molecule has 0 aliphatic rings. The summed E-state index contributed by atoms with van der Waals surface area (Å²) >= 11 is 0. The van der Waals surface area contributed by atoms with Gasteiger partial charge in [0.05, 0.1) is 12.1 Å². The molecule has 0 bridgehead atoms. The van der Waals surface area contributed by atoms with E-state index in [-0.39, 0.29) is 23.7 Å². The summed E-state index contributed by atoms with van der Waals surface area (Å²) in [5, 5.41) is 11.7. The van der Waals surface area contributed by atoms with Gasteiger partial charge >= 0.3 is 0 Å². The molecule has 1 amide bonds. The number of rotatable bonds is 4. The summed E-state index contributed by atoms with van der Waals surface area (Å²) in [6, 6.07) is 7.73. The van der Waals surface area contributed by atoms with Crippen molar-refractivity contribution >= 4 is 5.91 Å². The molecule has 0 spiro atoms. The first-order valence-electron chi connectivity index (χ1n) is 5.91. The van der Waals surface area contributed by atoms with Crippen LogP contribution in [0.15, 0.2) is 24.3 Å². The van der Waals surface area contributed by atoms with E-state index in [9.17, 15) is 9.18 Å². The highest BCUT2D eigenvalue weighted by Crippen LogP contribution is 2.16. The van der Waals surface area contributed by atoms with Gasteiger partial charge in [-0.25, -0.2) is 4.39 Å².